The Morgan fingerprint density at radius 2 is 1.57 bits per heavy atom. The molecule has 0 rings (SSSR count). The van der Waals surface area contributed by atoms with Gasteiger partial charge in [0.1, 0.15) is 0 Å². The molecule has 0 aliphatic rings. The molecule has 0 saturated carbocycles. The van der Waals surface area contributed by atoms with E-state index in [0.717, 1.165) is 31.7 Å². The number of hydrogen-bond donors (Lipinski definition) is 2. The minimum absolute atomic E-state index is 0.113. The Hall–Kier alpha value is -1.11. The fourth-order valence-corrected chi connectivity index (χ4v) is 1.47. The molecule has 0 aliphatic heterocycles. The molecular weight excluding hydrogens is 274 g/mol. The van der Waals surface area contributed by atoms with Gasteiger partial charge in [0, 0.05) is 25.5 Å². The van der Waals surface area contributed by atoms with E-state index >= 15 is 0 Å². The van der Waals surface area contributed by atoms with Crippen molar-refractivity contribution in [1.82, 2.24) is 5.32 Å². The summed E-state index contributed by atoms with van der Waals surface area (Å²) in [5.74, 6) is -0.804. The van der Waals surface area contributed by atoms with Crippen LogP contribution in [-0.2, 0) is 19.0 Å². The number of carboxylic acid groups (broad SMARTS) is 1. The molecule has 0 aromatic rings. The van der Waals surface area contributed by atoms with E-state index in [2.05, 4.69) is 18.8 Å². The van der Waals surface area contributed by atoms with Gasteiger partial charge in [-0.3, -0.25) is 4.79 Å². The lowest BCUT2D eigenvalue weighted by Gasteiger charge is -2.09. The normalized spacial score (nSPS) is 10.5. The van der Waals surface area contributed by atoms with Gasteiger partial charge >= 0.3 is 5.97 Å². The maximum absolute atomic E-state index is 10.4. The van der Waals surface area contributed by atoms with Crippen LogP contribution in [0, 0.1) is 0 Å². The zero-order chi connectivity index (χ0) is 15.8. The predicted molar refractivity (Wildman–Crippen MR) is 81.4 cm³/mol. The van der Waals surface area contributed by atoms with Gasteiger partial charge < -0.3 is 24.6 Å². The molecular formula is C15H29NO5. The molecule has 0 heterocycles. The molecule has 0 amide bonds. The number of rotatable bonds is 16. The minimum atomic E-state index is -0.804. The molecule has 0 aliphatic carbocycles. The first-order chi connectivity index (χ1) is 10.2. The van der Waals surface area contributed by atoms with Crippen LogP contribution in [0.3, 0.4) is 0 Å². The van der Waals surface area contributed by atoms with Gasteiger partial charge in [-0.2, -0.15) is 0 Å². The van der Waals surface area contributed by atoms with Gasteiger partial charge in [-0.25, -0.2) is 0 Å². The fraction of sp³-hybridized carbons (Fsp3) is 0.800. The summed E-state index contributed by atoms with van der Waals surface area (Å²) in [6, 6.07) is 0. The molecule has 6 heteroatoms. The fourth-order valence-electron chi connectivity index (χ4n) is 1.47. The Kier molecular flexibility index (Phi) is 14.5. The molecule has 0 spiro atoms. The quantitative estimate of drug-likeness (QED) is 0.423. The topological polar surface area (TPSA) is 77.0 Å². The standard InChI is InChI=1S/C15H29NO5/c1-3-8-19-10-12-21-13-11-20-9-4-7-16-14(2)5-6-15(17)18/h16H,2-13H2,1H3,(H,17,18). The van der Waals surface area contributed by atoms with Crippen molar-refractivity contribution in [2.45, 2.75) is 32.6 Å². The van der Waals surface area contributed by atoms with Crippen molar-refractivity contribution in [3.8, 4) is 0 Å². The summed E-state index contributed by atoms with van der Waals surface area (Å²) < 4.78 is 16.0. The van der Waals surface area contributed by atoms with Crippen molar-refractivity contribution in [2.24, 2.45) is 0 Å². The molecule has 124 valence electrons. The Labute approximate surface area is 127 Å². The van der Waals surface area contributed by atoms with Gasteiger partial charge in [0.05, 0.1) is 32.8 Å². The van der Waals surface area contributed by atoms with Crippen LogP contribution in [0.1, 0.15) is 32.6 Å². The molecule has 0 aromatic heterocycles. The Bertz CT molecular complexity index is 271. The zero-order valence-corrected chi connectivity index (χ0v) is 13.1. The summed E-state index contributed by atoms with van der Waals surface area (Å²) in [5.41, 5.74) is 0.757. The molecule has 0 unspecified atom stereocenters. The molecule has 0 radical (unpaired) electrons. The number of carbonyl (C=O) groups is 1. The lowest BCUT2D eigenvalue weighted by Crippen LogP contribution is -2.17. The first-order valence-electron chi connectivity index (χ1n) is 7.53. The molecule has 0 atom stereocenters. The highest BCUT2D eigenvalue weighted by Gasteiger charge is 1.99. The predicted octanol–water partition coefficient (Wildman–Crippen LogP) is 1.80. The van der Waals surface area contributed by atoms with E-state index in [-0.39, 0.29) is 6.42 Å². The second-order valence-electron chi connectivity index (χ2n) is 4.61. The number of aliphatic carboxylic acids is 1. The second-order valence-corrected chi connectivity index (χ2v) is 4.61. The van der Waals surface area contributed by atoms with Crippen molar-refractivity contribution in [3.63, 3.8) is 0 Å². The molecule has 0 fully saturated rings. The van der Waals surface area contributed by atoms with E-state index in [1.54, 1.807) is 0 Å². The van der Waals surface area contributed by atoms with E-state index in [0.29, 0.717) is 39.5 Å². The maximum Gasteiger partial charge on any atom is 0.303 e. The number of allylic oxidation sites excluding steroid dienone is 1. The van der Waals surface area contributed by atoms with Crippen LogP contribution in [0.25, 0.3) is 0 Å². The van der Waals surface area contributed by atoms with Crippen LogP contribution in [-0.4, -0.2) is 57.3 Å². The highest BCUT2D eigenvalue weighted by Crippen LogP contribution is 1.98. The van der Waals surface area contributed by atoms with Gasteiger partial charge in [-0.05, 0) is 19.3 Å². The van der Waals surface area contributed by atoms with Crippen LogP contribution in [0.2, 0.25) is 0 Å². The summed E-state index contributed by atoms with van der Waals surface area (Å²) in [7, 11) is 0. The Balaban J connectivity index is 3.12. The van der Waals surface area contributed by atoms with Gasteiger partial charge in [-0.1, -0.05) is 13.5 Å². The van der Waals surface area contributed by atoms with Crippen molar-refractivity contribution in [1.29, 1.82) is 0 Å². The highest BCUT2D eigenvalue weighted by atomic mass is 16.5. The van der Waals surface area contributed by atoms with Crippen LogP contribution >= 0.6 is 0 Å². The Morgan fingerprint density at radius 1 is 1.00 bits per heavy atom. The molecule has 0 aromatic carbocycles. The SMILES string of the molecule is C=C(CCC(=O)O)NCCCOCCOCCOCCC. The van der Waals surface area contributed by atoms with Gasteiger partial charge in [0.2, 0.25) is 0 Å². The van der Waals surface area contributed by atoms with Gasteiger partial charge in [0.25, 0.3) is 0 Å². The summed E-state index contributed by atoms with van der Waals surface area (Å²) in [4.78, 5) is 10.4. The third-order valence-electron chi connectivity index (χ3n) is 2.57. The summed E-state index contributed by atoms with van der Waals surface area (Å²) in [5, 5.41) is 11.6. The van der Waals surface area contributed by atoms with Crippen molar-refractivity contribution in [2.75, 3.05) is 46.2 Å². The third kappa shape index (κ3) is 16.8. The van der Waals surface area contributed by atoms with E-state index in [1.807, 2.05) is 0 Å². The number of carboxylic acids is 1. The van der Waals surface area contributed by atoms with Crippen molar-refractivity contribution in [3.05, 3.63) is 12.3 Å². The summed E-state index contributed by atoms with van der Waals surface area (Å²) in [6.45, 7) is 10.4. The highest BCUT2D eigenvalue weighted by molar-refractivity contribution is 5.66. The largest absolute Gasteiger partial charge is 0.481 e. The second kappa shape index (κ2) is 15.3. The first-order valence-corrected chi connectivity index (χ1v) is 7.53. The lowest BCUT2D eigenvalue weighted by atomic mass is 10.2. The van der Waals surface area contributed by atoms with E-state index in [4.69, 9.17) is 19.3 Å². The number of hydrogen-bond acceptors (Lipinski definition) is 5. The lowest BCUT2D eigenvalue weighted by molar-refractivity contribution is -0.136. The van der Waals surface area contributed by atoms with Crippen LogP contribution in [0.4, 0.5) is 0 Å². The third-order valence-corrected chi connectivity index (χ3v) is 2.57. The average molecular weight is 303 g/mol. The molecule has 0 saturated heterocycles. The van der Waals surface area contributed by atoms with E-state index in [1.165, 1.54) is 0 Å². The number of ether oxygens (including phenoxy) is 3. The summed E-state index contributed by atoms with van der Waals surface area (Å²) >= 11 is 0. The molecule has 0 bridgehead atoms. The summed E-state index contributed by atoms with van der Waals surface area (Å²) in [6.07, 6.45) is 2.46. The smallest absolute Gasteiger partial charge is 0.303 e. The number of nitrogens with one attached hydrogen (secondary N) is 1. The van der Waals surface area contributed by atoms with Crippen molar-refractivity contribution >= 4 is 5.97 Å². The molecule has 6 nitrogen and oxygen atoms in total. The van der Waals surface area contributed by atoms with Crippen LogP contribution < -0.4 is 5.32 Å². The Morgan fingerprint density at radius 3 is 2.14 bits per heavy atom. The van der Waals surface area contributed by atoms with Crippen molar-refractivity contribution < 1.29 is 24.1 Å². The van der Waals surface area contributed by atoms with E-state index in [9.17, 15) is 4.79 Å². The maximum atomic E-state index is 10.4. The van der Waals surface area contributed by atoms with Crippen LogP contribution in [0.5, 0.6) is 0 Å². The molecule has 21 heavy (non-hydrogen) atoms. The monoisotopic (exact) mass is 303 g/mol. The average Bonchev–Trinajstić information content (AvgIpc) is 2.46. The molecule has 2 N–H and O–H groups in total. The van der Waals surface area contributed by atoms with Crippen LogP contribution in [0.15, 0.2) is 12.3 Å². The zero-order valence-electron chi connectivity index (χ0n) is 13.1. The van der Waals surface area contributed by atoms with E-state index < -0.39 is 5.97 Å². The minimum Gasteiger partial charge on any atom is -0.481 e. The first kappa shape index (κ1) is 19.9. The van der Waals surface area contributed by atoms with Gasteiger partial charge in [-0.15, -0.1) is 0 Å². The van der Waals surface area contributed by atoms with Gasteiger partial charge in [0.15, 0.2) is 0 Å².